The van der Waals surface area contributed by atoms with E-state index in [4.69, 9.17) is 0 Å². The van der Waals surface area contributed by atoms with Gasteiger partial charge in [0, 0.05) is 26.7 Å². The second-order valence-electron chi connectivity index (χ2n) is 8.03. The van der Waals surface area contributed by atoms with E-state index in [1.165, 1.54) is 5.39 Å². The molecule has 6 rings (SSSR count). The van der Waals surface area contributed by atoms with Crippen molar-refractivity contribution >= 4 is 26.7 Å². The molecule has 0 fully saturated rings. The minimum atomic E-state index is -1.25. The van der Waals surface area contributed by atoms with Crippen molar-refractivity contribution in [3.8, 4) is 22.3 Å². The van der Waals surface area contributed by atoms with Crippen molar-refractivity contribution in [1.82, 2.24) is 0 Å². The fourth-order valence-electron chi connectivity index (χ4n) is 4.95. The molecule has 0 heterocycles. The van der Waals surface area contributed by atoms with E-state index in [0.29, 0.717) is 0 Å². The van der Waals surface area contributed by atoms with Crippen LogP contribution in [0.2, 0.25) is 0 Å². The van der Waals surface area contributed by atoms with Gasteiger partial charge in [-0.25, -0.2) is 0 Å². The van der Waals surface area contributed by atoms with Crippen LogP contribution < -0.4 is 0 Å². The number of hydrogen-bond acceptors (Lipinski definition) is 1. The number of hydrogen-bond donors (Lipinski definition) is 1. The molecule has 2 heteroatoms. The summed E-state index contributed by atoms with van der Waals surface area (Å²) in [5.74, 6) is 0. The maximum Gasteiger partial charge on any atom is 0.142 e. The zero-order valence-electron chi connectivity index (χ0n) is 16.7. The molecule has 0 amide bonds. The molecule has 31 heavy (non-hydrogen) atoms. The Kier molecular flexibility index (Phi) is 4.14. The summed E-state index contributed by atoms with van der Waals surface area (Å²) < 4.78 is 0.995. The van der Waals surface area contributed by atoms with Crippen molar-refractivity contribution in [2.45, 2.75) is 5.60 Å². The van der Waals surface area contributed by atoms with Gasteiger partial charge in [-0.3, -0.25) is 0 Å². The number of aliphatic hydroxyl groups is 1. The highest BCUT2D eigenvalue weighted by Gasteiger charge is 2.45. The lowest BCUT2D eigenvalue weighted by atomic mass is 9.80. The summed E-state index contributed by atoms with van der Waals surface area (Å²) in [6.07, 6.45) is 0. The molecule has 1 unspecified atom stereocenters. The SMILES string of the molecule is OC1(c2ccccc2-c2ccccc2)c2cc3ccccc3cc2-c2c(Br)cccc21. The Morgan fingerprint density at radius 2 is 1.19 bits per heavy atom. The number of fused-ring (bicyclic) bond motifs is 4. The summed E-state index contributed by atoms with van der Waals surface area (Å²) in [4.78, 5) is 0. The quantitative estimate of drug-likeness (QED) is 0.287. The lowest BCUT2D eigenvalue weighted by molar-refractivity contribution is 0.131. The Labute approximate surface area is 189 Å². The zero-order valence-corrected chi connectivity index (χ0v) is 18.3. The lowest BCUT2D eigenvalue weighted by Gasteiger charge is -2.29. The fraction of sp³-hybridized carbons (Fsp3) is 0.0345. The normalized spacial score (nSPS) is 16.8. The van der Waals surface area contributed by atoms with Crippen molar-refractivity contribution in [3.63, 3.8) is 0 Å². The topological polar surface area (TPSA) is 20.2 Å². The molecule has 0 radical (unpaired) electrons. The Morgan fingerprint density at radius 3 is 2.00 bits per heavy atom. The van der Waals surface area contributed by atoms with Gasteiger partial charge >= 0.3 is 0 Å². The van der Waals surface area contributed by atoms with Crippen molar-refractivity contribution in [3.05, 3.63) is 130 Å². The second-order valence-corrected chi connectivity index (χ2v) is 8.88. The average Bonchev–Trinajstić information content (AvgIpc) is 3.08. The highest BCUT2D eigenvalue weighted by Crippen LogP contribution is 2.55. The second kappa shape index (κ2) is 6.91. The van der Waals surface area contributed by atoms with Gasteiger partial charge in [-0.1, -0.05) is 107 Å². The highest BCUT2D eigenvalue weighted by atomic mass is 79.9. The van der Waals surface area contributed by atoms with E-state index >= 15 is 0 Å². The third kappa shape index (κ3) is 2.65. The van der Waals surface area contributed by atoms with Crippen LogP contribution in [-0.2, 0) is 5.60 Å². The standard InChI is InChI=1S/C29H19BrO/c30-27-16-8-15-25-28(27)23-17-20-11-4-5-12-21(20)18-26(23)29(25,31)24-14-7-6-13-22(24)19-9-2-1-3-10-19/h1-18,31H. The molecule has 0 bridgehead atoms. The maximum absolute atomic E-state index is 12.6. The Hall–Kier alpha value is -3.20. The Balaban J connectivity index is 1.73. The Morgan fingerprint density at radius 1 is 0.548 bits per heavy atom. The summed E-state index contributed by atoms with van der Waals surface area (Å²) in [6.45, 7) is 0. The van der Waals surface area contributed by atoms with Crippen LogP contribution in [0.15, 0.2) is 114 Å². The predicted octanol–water partition coefficient (Wildman–Crippen LogP) is 7.53. The van der Waals surface area contributed by atoms with Crippen LogP contribution in [0.5, 0.6) is 0 Å². The average molecular weight is 463 g/mol. The molecule has 0 saturated heterocycles. The van der Waals surface area contributed by atoms with E-state index in [2.05, 4.69) is 70.5 Å². The monoisotopic (exact) mass is 462 g/mol. The van der Waals surface area contributed by atoms with E-state index in [9.17, 15) is 5.11 Å². The first-order valence-electron chi connectivity index (χ1n) is 10.4. The van der Waals surface area contributed by atoms with Gasteiger partial charge in [0.05, 0.1) is 0 Å². The number of halogens is 1. The molecule has 0 aliphatic heterocycles. The molecule has 5 aromatic carbocycles. The largest absolute Gasteiger partial charge is 0.376 e. The van der Waals surface area contributed by atoms with Crippen LogP contribution in [0.3, 0.4) is 0 Å². The van der Waals surface area contributed by atoms with E-state index in [1.54, 1.807) is 0 Å². The molecule has 1 nitrogen and oxygen atoms in total. The molecular formula is C29H19BrO. The van der Waals surface area contributed by atoms with E-state index in [-0.39, 0.29) is 0 Å². The molecular weight excluding hydrogens is 444 g/mol. The number of benzene rings is 5. The van der Waals surface area contributed by atoms with Crippen molar-refractivity contribution in [2.75, 3.05) is 0 Å². The van der Waals surface area contributed by atoms with Crippen molar-refractivity contribution in [2.24, 2.45) is 0 Å². The summed E-state index contributed by atoms with van der Waals surface area (Å²) >= 11 is 3.76. The molecule has 1 atom stereocenters. The first-order valence-corrected chi connectivity index (χ1v) is 11.2. The third-order valence-electron chi connectivity index (χ3n) is 6.35. The molecule has 0 aromatic heterocycles. The van der Waals surface area contributed by atoms with E-state index in [0.717, 1.165) is 48.8 Å². The van der Waals surface area contributed by atoms with Crippen LogP contribution in [-0.4, -0.2) is 5.11 Å². The van der Waals surface area contributed by atoms with Gasteiger partial charge in [0.1, 0.15) is 5.60 Å². The highest BCUT2D eigenvalue weighted by molar-refractivity contribution is 9.10. The molecule has 148 valence electrons. The van der Waals surface area contributed by atoms with Gasteiger partial charge in [-0.15, -0.1) is 0 Å². The van der Waals surface area contributed by atoms with Crippen LogP contribution >= 0.6 is 15.9 Å². The lowest BCUT2D eigenvalue weighted by Crippen LogP contribution is -2.27. The molecule has 1 aliphatic carbocycles. The van der Waals surface area contributed by atoms with Crippen LogP contribution in [0, 0.1) is 0 Å². The van der Waals surface area contributed by atoms with Gasteiger partial charge in [0.25, 0.3) is 0 Å². The summed E-state index contributed by atoms with van der Waals surface area (Å²) in [5, 5.41) is 14.9. The molecule has 1 N–H and O–H groups in total. The van der Waals surface area contributed by atoms with Gasteiger partial charge in [0.2, 0.25) is 0 Å². The van der Waals surface area contributed by atoms with Crippen LogP contribution in [0.4, 0.5) is 0 Å². The van der Waals surface area contributed by atoms with Gasteiger partial charge in [0.15, 0.2) is 0 Å². The predicted molar refractivity (Wildman–Crippen MR) is 131 cm³/mol. The van der Waals surface area contributed by atoms with Gasteiger partial charge in [-0.2, -0.15) is 0 Å². The number of rotatable bonds is 2. The first-order chi connectivity index (χ1) is 15.2. The summed E-state index contributed by atoms with van der Waals surface area (Å²) in [6, 6.07) is 37.3. The van der Waals surface area contributed by atoms with Crippen molar-refractivity contribution in [1.29, 1.82) is 0 Å². The minimum Gasteiger partial charge on any atom is -0.376 e. The van der Waals surface area contributed by atoms with E-state index < -0.39 is 5.60 Å². The first kappa shape index (κ1) is 18.6. The maximum atomic E-state index is 12.6. The minimum absolute atomic E-state index is 0.898. The van der Waals surface area contributed by atoms with Crippen molar-refractivity contribution < 1.29 is 5.11 Å². The fourth-order valence-corrected chi connectivity index (χ4v) is 5.53. The van der Waals surface area contributed by atoms with Gasteiger partial charge < -0.3 is 5.11 Å². The molecule has 0 spiro atoms. The van der Waals surface area contributed by atoms with Gasteiger partial charge in [-0.05, 0) is 45.7 Å². The third-order valence-corrected chi connectivity index (χ3v) is 7.01. The van der Waals surface area contributed by atoms with Crippen LogP contribution in [0.25, 0.3) is 33.0 Å². The summed E-state index contributed by atoms with van der Waals surface area (Å²) in [5.41, 5.74) is 5.77. The van der Waals surface area contributed by atoms with E-state index in [1.807, 2.05) is 54.6 Å². The molecule has 0 saturated carbocycles. The molecule has 5 aromatic rings. The zero-order chi connectivity index (χ0) is 21.0. The summed E-state index contributed by atoms with van der Waals surface area (Å²) in [7, 11) is 0. The Bertz CT molecular complexity index is 1450. The van der Waals surface area contributed by atoms with Crippen LogP contribution in [0.1, 0.15) is 16.7 Å². The smallest absolute Gasteiger partial charge is 0.142 e. The molecule has 1 aliphatic rings.